The molecule has 21 heavy (non-hydrogen) atoms. The molecule has 2 nitrogen and oxygen atoms in total. The Morgan fingerprint density at radius 1 is 1.19 bits per heavy atom. The first kappa shape index (κ1) is 17.5. The Balaban J connectivity index is 3.15. The maximum absolute atomic E-state index is 13.0. The summed E-state index contributed by atoms with van der Waals surface area (Å²) in [6.07, 6.45) is -1.48. The molecule has 1 aromatic carbocycles. The highest BCUT2D eigenvalue weighted by atomic mass is 19.4. The normalized spacial score (nSPS) is 11.8. The van der Waals surface area contributed by atoms with Gasteiger partial charge in [0.1, 0.15) is 5.75 Å². The maximum Gasteiger partial charge on any atom is 0.419 e. The molecule has 118 valence electrons. The smallest absolute Gasteiger partial charge is 0.419 e. The number of Topliss-reactive ketones (excluding diaryl/α,β-unsaturated/α-hetero) is 1. The first-order chi connectivity index (χ1) is 9.85. The number of ketones is 1. The molecule has 0 atom stereocenters. The van der Waals surface area contributed by atoms with Crippen molar-refractivity contribution in [1.29, 1.82) is 0 Å². The zero-order chi connectivity index (χ0) is 16.0. The van der Waals surface area contributed by atoms with Crippen molar-refractivity contribution in [2.45, 2.75) is 45.7 Å². The summed E-state index contributed by atoms with van der Waals surface area (Å²) in [5.41, 5.74) is -0.794. The fourth-order valence-corrected chi connectivity index (χ4v) is 2.42. The van der Waals surface area contributed by atoms with Gasteiger partial charge in [-0.1, -0.05) is 26.7 Å². The highest BCUT2D eigenvalue weighted by Crippen LogP contribution is 2.37. The molecule has 0 amide bonds. The largest absolute Gasteiger partial charge is 0.496 e. The van der Waals surface area contributed by atoms with Gasteiger partial charge in [0.25, 0.3) is 0 Å². The third-order valence-corrected chi connectivity index (χ3v) is 3.43. The molecule has 1 rings (SSSR count). The van der Waals surface area contributed by atoms with E-state index in [0.717, 1.165) is 18.9 Å². The molecule has 0 aliphatic carbocycles. The second kappa shape index (κ2) is 7.48. The lowest BCUT2D eigenvalue weighted by atomic mass is 9.89. The van der Waals surface area contributed by atoms with E-state index >= 15 is 0 Å². The molecule has 0 N–H and O–H groups in total. The van der Waals surface area contributed by atoms with E-state index in [9.17, 15) is 18.0 Å². The average molecular weight is 302 g/mol. The van der Waals surface area contributed by atoms with Crippen molar-refractivity contribution >= 4 is 5.78 Å². The van der Waals surface area contributed by atoms with Crippen LogP contribution in [0.25, 0.3) is 0 Å². The van der Waals surface area contributed by atoms with Crippen LogP contribution in [0.1, 0.15) is 55.5 Å². The Morgan fingerprint density at radius 3 is 2.19 bits per heavy atom. The van der Waals surface area contributed by atoms with E-state index in [0.29, 0.717) is 12.8 Å². The number of hydrogen-bond acceptors (Lipinski definition) is 2. The van der Waals surface area contributed by atoms with Crippen molar-refractivity contribution in [3.63, 3.8) is 0 Å². The molecule has 0 aliphatic heterocycles. The van der Waals surface area contributed by atoms with Gasteiger partial charge in [-0.25, -0.2) is 0 Å². The second-order valence-electron chi connectivity index (χ2n) is 5.05. The summed E-state index contributed by atoms with van der Waals surface area (Å²) in [5, 5.41) is 0. The van der Waals surface area contributed by atoms with Crippen LogP contribution in [0.4, 0.5) is 13.2 Å². The van der Waals surface area contributed by atoms with Crippen LogP contribution in [0.15, 0.2) is 18.2 Å². The minimum Gasteiger partial charge on any atom is -0.496 e. The lowest BCUT2D eigenvalue weighted by molar-refractivity contribution is -0.138. The Kier molecular flexibility index (Phi) is 6.24. The average Bonchev–Trinajstić information content (AvgIpc) is 2.44. The van der Waals surface area contributed by atoms with Crippen molar-refractivity contribution in [2.75, 3.05) is 7.11 Å². The molecular formula is C16H21F3O2. The van der Waals surface area contributed by atoms with Crippen LogP contribution in [0.2, 0.25) is 0 Å². The monoisotopic (exact) mass is 302 g/mol. The standard InChI is InChI=1S/C16H21F3O2/c1-4-6-11(7-5-2)15(20)12-8-9-14(21-3)13(10-12)16(17,18)19/h8-11H,4-7H2,1-3H3. The van der Waals surface area contributed by atoms with Gasteiger partial charge in [-0.05, 0) is 31.0 Å². The Bertz CT molecular complexity index is 475. The molecule has 0 saturated carbocycles. The Morgan fingerprint density at radius 2 is 1.76 bits per heavy atom. The highest BCUT2D eigenvalue weighted by molar-refractivity contribution is 5.98. The lowest BCUT2D eigenvalue weighted by Gasteiger charge is -2.17. The molecular weight excluding hydrogens is 281 g/mol. The number of halogens is 3. The topological polar surface area (TPSA) is 26.3 Å². The second-order valence-corrected chi connectivity index (χ2v) is 5.05. The Hall–Kier alpha value is -1.52. The molecule has 0 aliphatic rings. The van der Waals surface area contributed by atoms with Gasteiger partial charge in [0.05, 0.1) is 12.7 Å². The predicted octanol–water partition coefficient (Wildman–Crippen LogP) is 5.11. The highest BCUT2D eigenvalue weighted by Gasteiger charge is 2.35. The van der Waals surface area contributed by atoms with Gasteiger partial charge in [0, 0.05) is 11.5 Å². The van der Waals surface area contributed by atoms with Gasteiger partial charge in [0.15, 0.2) is 5.78 Å². The number of hydrogen-bond donors (Lipinski definition) is 0. The van der Waals surface area contributed by atoms with E-state index in [1.54, 1.807) is 0 Å². The minimum absolute atomic E-state index is 0.107. The maximum atomic E-state index is 13.0. The summed E-state index contributed by atoms with van der Waals surface area (Å²) in [7, 11) is 1.18. The van der Waals surface area contributed by atoms with Gasteiger partial charge in [-0.15, -0.1) is 0 Å². The summed E-state index contributed by atoms with van der Waals surface area (Å²) in [4.78, 5) is 12.4. The van der Waals surface area contributed by atoms with E-state index in [1.807, 2.05) is 13.8 Å². The van der Waals surface area contributed by atoms with Gasteiger partial charge < -0.3 is 4.74 Å². The van der Waals surface area contributed by atoms with Crippen LogP contribution >= 0.6 is 0 Å². The van der Waals surface area contributed by atoms with Crippen molar-refractivity contribution in [2.24, 2.45) is 5.92 Å². The summed E-state index contributed by atoms with van der Waals surface area (Å²) in [5.74, 6) is -0.692. The van der Waals surface area contributed by atoms with Gasteiger partial charge in [-0.2, -0.15) is 13.2 Å². The van der Waals surface area contributed by atoms with Crippen LogP contribution in [0, 0.1) is 5.92 Å². The molecule has 0 spiro atoms. The predicted molar refractivity (Wildman–Crippen MR) is 75.6 cm³/mol. The third-order valence-electron chi connectivity index (χ3n) is 3.43. The zero-order valence-corrected chi connectivity index (χ0v) is 12.6. The molecule has 0 aromatic heterocycles. The summed E-state index contributed by atoms with van der Waals surface area (Å²) < 4.78 is 43.7. The van der Waals surface area contributed by atoms with Crippen LogP contribution in [-0.4, -0.2) is 12.9 Å². The number of ether oxygens (including phenoxy) is 1. The van der Waals surface area contributed by atoms with Gasteiger partial charge in [0.2, 0.25) is 0 Å². The minimum atomic E-state index is -4.54. The van der Waals surface area contributed by atoms with Crippen LogP contribution in [0.3, 0.4) is 0 Å². The fourth-order valence-electron chi connectivity index (χ4n) is 2.42. The van der Waals surface area contributed by atoms with E-state index in [-0.39, 0.29) is 23.0 Å². The van der Waals surface area contributed by atoms with E-state index in [4.69, 9.17) is 4.74 Å². The quantitative estimate of drug-likeness (QED) is 0.654. The number of carbonyl (C=O) groups excluding carboxylic acids is 1. The van der Waals surface area contributed by atoms with Gasteiger partial charge >= 0.3 is 6.18 Å². The van der Waals surface area contributed by atoms with E-state index in [2.05, 4.69) is 0 Å². The molecule has 0 unspecified atom stereocenters. The van der Waals surface area contributed by atoms with E-state index < -0.39 is 11.7 Å². The van der Waals surface area contributed by atoms with E-state index in [1.165, 1.54) is 19.2 Å². The first-order valence-corrected chi connectivity index (χ1v) is 7.14. The summed E-state index contributed by atoms with van der Waals surface area (Å²) in [6, 6.07) is 3.53. The zero-order valence-electron chi connectivity index (χ0n) is 12.6. The number of methoxy groups -OCH3 is 1. The summed E-state index contributed by atoms with van der Waals surface area (Å²) in [6.45, 7) is 3.93. The molecule has 0 saturated heterocycles. The fraction of sp³-hybridized carbons (Fsp3) is 0.562. The van der Waals surface area contributed by atoms with Crippen molar-refractivity contribution in [3.8, 4) is 5.75 Å². The molecule has 1 aromatic rings. The van der Waals surface area contributed by atoms with Crippen molar-refractivity contribution in [1.82, 2.24) is 0 Å². The Labute approximate surface area is 123 Å². The van der Waals surface area contributed by atoms with Crippen LogP contribution in [-0.2, 0) is 6.18 Å². The third kappa shape index (κ3) is 4.48. The molecule has 0 heterocycles. The number of rotatable bonds is 7. The number of carbonyl (C=O) groups is 1. The molecule has 0 bridgehead atoms. The number of alkyl halides is 3. The summed E-state index contributed by atoms with van der Waals surface area (Å²) >= 11 is 0. The van der Waals surface area contributed by atoms with Crippen molar-refractivity contribution in [3.05, 3.63) is 29.3 Å². The number of benzene rings is 1. The molecule has 0 fully saturated rings. The van der Waals surface area contributed by atoms with Crippen LogP contribution < -0.4 is 4.74 Å². The van der Waals surface area contributed by atoms with Crippen LogP contribution in [0.5, 0.6) is 5.75 Å². The van der Waals surface area contributed by atoms with Gasteiger partial charge in [-0.3, -0.25) is 4.79 Å². The lowest BCUT2D eigenvalue weighted by Crippen LogP contribution is -2.16. The first-order valence-electron chi connectivity index (χ1n) is 7.14. The molecule has 5 heteroatoms. The molecule has 0 radical (unpaired) electrons. The SMILES string of the molecule is CCCC(CCC)C(=O)c1ccc(OC)c(C(F)(F)F)c1. The van der Waals surface area contributed by atoms with Crippen molar-refractivity contribution < 1.29 is 22.7 Å².